The van der Waals surface area contributed by atoms with Crippen molar-refractivity contribution in [1.29, 1.82) is 0 Å². The number of unbranched alkanes of at least 4 members (excludes halogenated alkanes) is 2. The normalized spacial score (nSPS) is 15.0. The van der Waals surface area contributed by atoms with Gasteiger partial charge < -0.3 is 50.6 Å². The lowest BCUT2D eigenvalue weighted by Gasteiger charge is -2.21. The van der Waals surface area contributed by atoms with Crippen LogP contribution < -0.4 is 40.8 Å². The second kappa shape index (κ2) is 42.1. The first kappa shape index (κ1) is 103. The van der Waals surface area contributed by atoms with E-state index >= 15 is 26.3 Å². The maximum Gasteiger partial charge on any atom is 0.255 e. The molecule has 20 rings (SSSR count). The lowest BCUT2D eigenvalue weighted by Crippen LogP contribution is -2.32. The molecule has 754 valence electrons. The van der Waals surface area contributed by atoms with E-state index in [0.717, 1.165) is 81.6 Å². The van der Waals surface area contributed by atoms with Crippen molar-refractivity contribution < 1.29 is 58.1 Å². The third kappa shape index (κ3) is 23.1. The van der Waals surface area contributed by atoms with E-state index in [1.807, 2.05) is 86.5 Å². The van der Waals surface area contributed by atoms with Gasteiger partial charge in [-0.25, -0.2) is 43.9 Å². The van der Waals surface area contributed by atoms with Gasteiger partial charge in [-0.1, -0.05) is 77.8 Å². The predicted octanol–water partition coefficient (Wildman–Crippen LogP) is 20.2. The molecule has 5 N–H and O–H groups in total. The molecule has 5 aliphatic heterocycles. The van der Waals surface area contributed by atoms with Crippen LogP contribution in [0.1, 0.15) is 98.6 Å². The number of hydrogen-bond acceptors (Lipinski definition) is 35. The molecule has 0 saturated heterocycles. The van der Waals surface area contributed by atoms with E-state index in [9.17, 15) is 17.6 Å². The van der Waals surface area contributed by atoms with Crippen molar-refractivity contribution in [2.45, 2.75) is 142 Å². The summed E-state index contributed by atoms with van der Waals surface area (Å²) in [5.41, 5.74) is -3.50. The van der Waals surface area contributed by atoms with E-state index in [2.05, 4.69) is 160 Å². The minimum atomic E-state index is -0.835. The Morgan fingerprint density at radius 2 is 0.542 bits per heavy atom. The molecule has 15 heterocycles. The van der Waals surface area contributed by atoms with E-state index < -0.39 is 86.5 Å². The Balaban J connectivity index is 0.000000129. The van der Waals surface area contributed by atoms with Crippen molar-refractivity contribution >= 4 is 116 Å². The summed E-state index contributed by atoms with van der Waals surface area (Å²) in [6.45, 7) is 21.6. The molecule has 5 aliphatic rings. The van der Waals surface area contributed by atoms with Crippen LogP contribution in [0.3, 0.4) is 0 Å². The quantitative estimate of drug-likeness (QED) is 0.0140. The molecule has 40 nitrogen and oxygen atoms in total. The number of hydrogen-bond donors (Lipinski definition) is 5. The molecule has 144 heavy (non-hydrogen) atoms. The highest BCUT2D eigenvalue weighted by Crippen LogP contribution is 2.48. The highest BCUT2D eigenvalue weighted by atomic mass is 35.5. The molecule has 0 amide bonds. The van der Waals surface area contributed by atoms with Crippen molar-refractivity contribution in [2.24, 2.45) is 51.1 Å². The fourth-order valence-corrected chi connectivity index (χ4v) is 15.8. The molecule has 5 aromatic carbocycles. The minimum Gasteiger partial charge on any atom is -0.493 e. The third-order valence-corrected chi connectivity index (χ3v) is 24.3. The van der Waals surface area contributed by atoms with Crippen LogP contribution in [0.5, 0.6) is 17.2 Å². The zero-order valence-corrected chi connectivity index (χ0v) is 83.0. The summed E-state index contributed by atoms with van der Waals surface area (Å²) in [4.78, 5) is 44.6. The average Bonchev–Trinajstić information content (AvgIpc) is 1.69. The summed E-state index contributed by atoms with van der Waals surface area (Å²) in [5, 5.41) is 75.1. The second-order valence-electron chi connectivity index (χ2n) is 35.2. The summed E-state index contributed by atoms with van der Waals surface area (Å²) in [6, 6.07) is 11.2. The molecule has 2 atom stereocenters. The van der Waals surface area contributed by atoms with Crippen molar-refractivity contribution in [2.75, 3.05) is 107 Å². The van der Waals surface area contributed by atoms with Gasteiger partial charge in [0.15, 0.2) is 0 Å². The molecular formula is C89H90Cl5F10N37O3. The first-order valence-electron chi connectivity index (χ1n) is 44.6. The number of nitrogens with one attached hydrogen (secondary N) is 5. The van der Waals surface area contributed by atoms with Crippen LogP contribution in [0, 0.1) is 72.0 Å². The number of ether oxygens (including phenoxy) is 3. The van der Waals surface area contributed by atoms with Gasteiger partial charge in [0.2, 0.25) is 28.3 Å². The van der Waals surface area contributed by atoms with Gasteiger partial charge >= 0.3 is 0 Å². The molecule has 0 saturated carbocycles. The Hall–Kier alpha value is -14.1. The number of benzene rings is 5. The van der Waals surface area contributed by atoms with Crippen LogP contribution in [0.4, 0.5) is 73.0 Å². The van der Waals surface area contributed by atoms with Gasteiger partial charge in [-0.05, 0) is 145 Å². The van der Waals surface area contributed by atoms with Crippen LogP contribution in [-0.4, -0.2) is 229 Å². The zero-order valence-electron chi connectivity index (χ0n) is 79.2. The van der Waals surface area contributed by atoms with Gasteiger partial charge in [-0.2, -0.15) is 149 Å². The lowest BCUT2D eigenvalue weighted by molar-refractivity contribution is 0.279. The molecule has 0 aliphatic carbocycles. The van der Waals surface area contributed by atoms with Crippen molar-refractivity contribution in [1.82, 2.24) is 108 Å². The SMILES string of the molecule is CC(Nc1c(-c2c(F)cc(OCCCN(C)C)cc2F)c(Cl)nc2ncnn12)C1(C)N=N1.CCCCCOc1cc(F)c(-c2c(Cl)nc3ncnn3c2NCC2(C)N=N2)c(F)c1.CN(C)CCCOc1cc(F)c(-c2c(Cl)nc3ncnn3c2NCC2(C)N=N2)c(F)c1.Cc1cc(F)c(-c2c(Cl)nc3ncnn3c2NC(C)C2(C)N=N2)c(F)c1.Cc1cc(F)c(-c2c(Cl)nc3ncnn3c2NCC2(C)N=N2)c(F)c1. The Kier molecular flexibility index (Phi) is 30.0. The van der Waals surface area contributed by atoms with Gasteiger partial charge in [0.25, 0.3) is 28.9 Å². The van der Waals surface area contributed by atoms with Gasteiger partial charge in [-0.3, -0.25) is 0 Å². The van der Waals surface area contributed by atoms with Crippen LogP contribution in [0.15, 0.2) is 143 Å². The van der Waals surface area contributed by atoms with Crippen molar-refractivity contribution in [3.8, 4) is 72.9 Å². The van der Waals surface area contributed by atoms with E-state index in [-0.39, 0.29) is 182 Å². The molecule has 0 bridgehead atoms. The number of rotatable bonds is 35. The summed E-state index contributed by atoms with van der Waals surface area (Å²) in [7, 11) is 7.76. The fourth-order valence-electron chi connectivity index (χ4n) is 14.5. The van der Waals surface area contributed by atoms with Gasteiger partial charge in [0.05, 0.1) is 107 Å². The first-order chi connectivity index (χ1) is 68.6. The smallest absolute Gasteiger partial charge is 0.255 e. The zero-order chi connectivity index (χ0) is 103. The number of nitrogens with zero attached hydrogens (tertiary/aromatic N) is 32. The number of halogens is 15. The monoisotopic (exact) mass is 2090 g/mol. The Morgan fingerprint density at radius 1 is 0.319 bits per heavy atom. The summed E-state index contributed by atoms with van der Waals surface area (Å²) >= 11 is 31.6. The van der Waals surface area contributed by atoms with E-state index in [1.165, 1.54) is 78.5 Å². The predicted molar refractivity (Wildman–Crippen MR) is 515 cm³/mol. The number of aryl methyl sites for hydroxylation is 2. The number of anilines is 5. The van der Waals surface area contributed by atoms with E-state index in [0.29, 0.717) is 37.5 Å². The molecule has 55 heteroatoms. The van der Waals surface area contributed by atoms with Crippen molar-refractivity contribution in [3.63, 3.8) is 0 Å². The minimum absolute atomic E-state index is 0.0231. The van der Waals surface area contributed by atoms with E-state index in [4.69, 9.17) is 72.2 Å². The molecule has 0 radical (unpaired) electrons. The fraction of sp³-hybridized carbons (Fsp3) is 0.382. The number of aromatic nitrogens is 20. The second-order valence-corrected chi connectivity index (χ2v) is 37.0. The summed E-state index contributed by atoms with van der Waals surface area (Å²) < 4.78 is 172. The third-order valence-electron chi connectivity index (χ3n) is 22.9. The van der Waals surface area contributed by atoms with Crippen LogP contribution in [-0.2, 0) is 0 Å². The summed E-state index contributed by atoms with van der Waals surface area (Å²) in [5.74, 6) is -5.39. The van der Waals surface area contributed by atoms with Gasteiger partial charge in [0.1, 0.15) is 162 Å². The first-order valence-corrected chi connectivity index (χ1v) is 46.4. The maximum atomic E-state index is 15.2. The standard InChI is InChI=1S/C20H23ClF2N8O.C19H21ClF2N8O.C19H20ClF2N7O.C16H14ClF2N7.C15H12ClF2N7/c1-11(20(2)28-29-20)26-18-16(17(21)27-19-24-10-25-31(18)19)15-13(22)8-12(9-14(15)23)32-7-5-6-30(3)4;1-19(27-28-19)9-23-17-15(16(20)26-18-24-10-25-30(17)18)14-12(21)7-11(8-13(14)22)31-6-4-5-29(2)3;1-3-4-5-6-30-11-7-12(21)14(13(22)8-11)15-16(20)26-18-24-10-25-29(18)17(15)23-9-19(2)27-28-19;1-7-4-9(18)11(10(19)5-7)12-13(17)23-15-20-6-21-26(15)14(12)22-8(2)16(3)24-25-16;1-7-3-8(17)10(9(18)4-7)11-12(16)22-14-20-6-21-25(14)13(11)19-5-15(2)23-24-15/h8-11,26H,5-7H2,1-4H3;7-8,10,23H,4-6,9H2,1-3H3;7-8,10,23H,3-6,9H2,1-2H3;4-6,8,22H,1-3H3;3-4,6,19H,5H2,1-2H3. The maximum absolute atomic E-state index is 15.2. The van der Waals surface area contributed by atoms with Gasteiger partial charge in [-0.15, -0.1) is 0 Å². The van der Waals surface area contributed by atoms with Crippen LogP contribution in [0.25, 0.3) is 84.5 Å². The molecule has 10 aromatic heterocycles. The molecule has 2 unspecified atom stereocenters. The lowest BCUT2D eigenvalue weighted by atomic mass is 10.0. The Morgan fingerprint density at radius 3 is 0.764 bits per heavy atom. The highest BCUT2D eigenvalue weighted by molar-refractivity contribution is 6.35. The van der Waals surface area contributed by atoms with Crippen LogP contribution in [0.2, 0.25) is 25.8 Å². The highest BCUT2D eigenvalue weighted by Gasteiger charge is 2.45. The molecule has 0 fully saturated rings. The largest absolute Gasteiger partial charge is 0.493 e. The topological polar surface area (TPSA) is 433 Å². The molecule has 0 spiro atoms. The van der Waals surface area contributed by atoms with Crippen LogP contribution >= 0.6 is 58.0 Å². The average molecular weight is 2090 g/mol. The number of fused-ring (bicyclic) bond motifs is 5. The molecular weight excluding hydrogens is 2000 g/mol. The molecule has 15 aromatic rings. The van der Waals surface area contributed by atoms with Gasteiger partial charge in [0, 0.05) is 49.5 Å². The van der Waals surface area contributed by atoms with E-state index in [1.54, 1.807) is 13.8 Å². The van der Waals surface area contributed by atoms with Crippen molar-refractivity contribution in [3.05, 3.63) is 187 Å². The Labute approximate surface area is 837 Å². The Bertz CT molecular complexity index is 7430. The summed E-state index contributed by atoms with van der Waals surface area (Å²) in [6.07, 6.45) is 10.7.